The molecule has 1 N–H and O–H groups in total. The summed E-state index contributed by atoms with van der Waals surface area (Å²) in [6.07, 6.45) is -0.911. The monoisotopic (exact) mass is 590 g/mol. The number of aromatic nitrogens is 2. The number of aliphatic hydroxyl groups is 1. The predicted octanol–water partition coefficient (Wildman–Crippen LogP) is 8.54. The summed E-state index contributed by atoms with van der Waals surface area (Å²) in [4.78, 5) is 9.31. The first-order chi connectivity index (χ1) is 18.8. The summed E-state index contributed by atoms with van der Waals surface area (Å²) in [5, 5.41) is 11.9. The summed E-state index contributed by atoms with van der Waals surface area (Å²) in [6.45, 7) is 20.7. The molecular formula is C32H45F3N2O3Si. The number of hydrogen-bond donors (Lipinski definition) is 1. The summed E-state index contributed by atoms with van der Waals surface area (Å²) in [7, 11) is -2.22. The molecule has 2 aliphatic rings. The maximum Gasteiger partial charge on any atom is 0.417 e. The molecule has 4 rings (SSSR count). The molecule has 0 amide bonds. The van der Waals surface area contributed by atoms with E-state index in [1.54, 1.807) is 0 Å². The Morgan fingerprint density at radius 1 is 1.15 bits per heavy atom. The van der Waals surface area contributed by atoms with Gasteiger partial charge in [-0.05, 0) is 72.0 Å². The van der Waals surface area contributed by atoms with E-state index < -0.39 is 26.2 Å². The van der Waals surface area contributed by atoms with Crippen LogP contribution in [0, 0.1) is 5.41 Å². The van der Waals surface area contributed by atoms with Crippen molar-refractivity contribution in [2.75, 3.05) is 13.2 Å². The number of aliphatic hydroxyl groups excluding tert-OH is 1. The van der Waals surface area contributed by atoms with E-state index in [9.17, 15) is 18.3 Å². The number of fused-ring (bicyclic) bond motifs is 1. The molecule has 41 heavy (non-hydrogen) atoms. The topological polar surface area (TPSA) is 64.5 Å². The van der Waals surface area contributed by atoms with Crippen molar-refractivity contribution < 1.29 is 27.4 Å². The average molecular weight is 591 g/mol. The van der Waals surface area contributed by atoms with E-state index in [-0.39, 0.29) is 28.2 Å². The molecule has 5 nitrogen and oxygen atoms in total. The van der Waals surface area contributed by atoms with E-state index in [1.165, 1.54) is 6.07 Å². The standard InChI is InChI=1S/C32H45F3N2O3Si/c1-19(2)28-27(29(38)22-11-10-21(18-36-22)32(33,34)35)25(20-12-14-39-15-13-20)26-23(37-28)16-31(6,7)17-24(26)40-41(8,9)30(3,4)5/h10-12,18-19,24,29,38H,13-17H2,1-9H3/t24-,29?/m1/s1. The molecule has 2 aromatic heterocycles. The second-order valence-corrected chi connectivity index (χ2v) is 18.9. The van der Waals surface area contributed by atoms with Gasteiger partial charge < -0.3 is 14.3 Å². The molecule has 226 valence electrons. The highest BCUT2D eigenvalue weighted by Gasteiger charge is 2.45. The van der Waals surface area contributed by atoms with Crippen LogP contribution >= 0.6 is 0 Å². The number of halogens is 3. The molecule has 3 heterocycles. The number of alkyl halides is 3. The van der Waals surface area contributed by atoms with Crippen LogP contribution in [-0.2, 0) is 21.8 Å². The minimum atomic E-state index is -4.51. The Bertz CT molecular complexity index is 1300. The first kappa shape index (κ1) is 31.9. The van der Waals surface area contributed by atoms with Crippen LogP contribution in [0.3, 0.4) is 0 Å². The molecule has 2 atom stereocenters. The van der Waals surface area contributed by atoms with Gasteiger partial charge in [0.1, 0.15) is 6.10 Å². The van der Waals surface area contributed by atoms with Crippen LogP contribution in [0.15, 0.2) is 24.4 Å². The maximum absolute atomic E-state index is 13.3. The van der Waals surface area contributed by atoms with Crippen LogP contribution in [0.4, 0.5) is 13.2 Å². The Labute approximate surface area is 243 Å². The van der Waals surface area contributed by atoms with E-state index in [4.69, 9.17) is 14.1 Å². The van der Waals surface area contributed by atoms with Gasteiger partial charge in [-0.15, -0.1) is 0 Å². The first-order valence-corrected chi connectivity index (χ1v) is 17.5. The van der Waals surface area contributed by atoms with Gasteiger partial charge in [-0.1, -0.05) is 54.5 Å². The highest BCUT2D eigenvalue weighted by molar-refractivity contribution is 6.74. The SMILES string of the molecule is CC(C)c1nc2c(c(C3=CCOCC3)c1C(O)c1ccc(C(F)(F)F)cn1)[C@H](O[Si](C)(C)C(C)(C)C)CC(C)(C)C2. The molecule has 0 aromatic carbocycles. The van der Waals surface area contributed by atoms with Gasteiger partial charge >= 0.3 is 6.18 Å². The second-order valence-electron chi connectivity index (χ2n) is 14.1. The molecule has 9 heteroatoms. The molecule has 0 bridgehead atoms. The van der Waals surface area contributed by atoms with Crippen molar-refractivity contribution in [3.05, 3.63) is 63.7 Å². The van der Waals surface area contributed by atoms with Crippen molar-refractivity contribution in [2.24, 2.45) is 5.41 Å². The van der Waals surface area contributed by atoms with Gasteiger partial charge in [0.15, 0.2) is 8.32 Å². The van der Waals surface area contributed by atoms with Gasteiger partial charge in [-0.2, -0.15) is 13.2 Å². The zero-order valence-corrected chi connectivity index (χ0v) is 26.9. The molecule has 1 aliphatic carbocycles. The van der Waals surface area contributed by atoms with Crippen LogP contribution in [-0.4, -0.2) is 36.6 Å². The van der Waals surface area contributed by atoms with E-state index >= 15 is 0 Å². The third-order valence-corrected chi connectivity index (χ3v) is 13.3. The molecule has 0 spiro atoms. The smallest absolute Gasteiger partial charge is 0.410 e. The number of hydrogen-bond acceptors (Lipinski definition) is 5. The van der Waals surface area contributed by atoms with Gasteiger partial charge in [0.05, 0.1) is 36.3 Å². The summed E-state index contributed by atoms with van der Waals surface area (Å²) < 4.78 is 52.7. The Kier molecular flexibility index (Phi) is 8.71. The van der Waals surface area contributed by atoms with E-state index in [0.29, 0.717) is 25.2 Å². The van der Waals surface area contributed by atoms with Crippen LogP contribution in [0.2, 0.25) is 18.1 Å². The lowest BCUT2D eigenvalue weighted by molar-refractivity contribution is -0.137. The summed E-state index contributed by atoms with van der Waals surface area (Å²) >= 11 is 0. The van der Waals surface area contributed by atoms with Crippen LogP contribution in [0.25, 0.3) is 5.57 Å². The zero-order chi connectivity index (χ0) is 30.5. The van der Waals surface area contributed by atoms with E-state index in [1.807, 2.05) is 13.8 Å². The van der Waals surface area contributed by atoms with Gasteiger partial charge in [-0.25, -0.2) is 0 Å². The van der Waals surface area contributed by atoms with Crippen molar-refractivity contribution in [1.29, 1.82) is 0 Å². The number of ether oxygens (including phenoxy) is 1. The molecular weight excluding hydrogens is 545 g/mol. The normalized spacial score (nSPS) is 20.5. The Hall–Kier alpha value is -2.07. The molecule has 2 aromatic rings. The Balaban J connectivity index is 2.01. The zero-order valence-electron chi connectivity index (χ0n) is 25.9. The largest absolute Gasteiger partial charge is 0.417 e. The van der Waals surface area contributed by atoms with Crippen LogP contribution in [0.1, 0.15) is 119 Å². The van der Waals surface area contributed by atoms with E-state index in [2.05, 4.69) is 58.8 Å². The predicted molar refractivity (Wildman–Crippen MR) is 158 cm³/mol. The van der Waals surface area contributed by atoms with Crippen molar-refractivity contribution in [3.63, 3.8) is 0 Å². The third kappa shape index (κ3) is 6.63. The second kappa shape index (κ2) is 11.2. The highest BCUT2D eigenvalue weighted by atomic mass is 28.4. The number of pyridine rings is 2. The lowest BCUT2D eigenvalue weighted by atomic mass is 9.71. The van der Waals surface area contributed by atoms with Crippen LogP contribution in [0.5, 0.6) is 0 Å². The van der Waals surface area contributed by atoms with Gasteiger partial charge in [0.2, 0.25) is 0 Å². The lowest BCUT2D eigenvalue weighted by Gasteiger charge is -2.45. The molecule has 0 saturated heterocycles. The van der Waals surface area contributed by atoms with Crippen LogP contribution < -0.4 is 0 Å². The van der Waals surface area contributed by atoms with E-state index in [0.717, 1.165) is 53.2 Å². The fourth-order valence-electron chi connectivity index (χ4n) is 5.63. The summed E-state index contributed by atoms with van der Waals surface area (Å²) in [5.74, 6) is -0.0385. The van der Waals surface area contributed by atoms with Crippen molar-refractivity contribution in [1.82, 2.24) is 9.97 Å². The molecule has 0 saturated carbocycles. The molecule has 1 aliphatic heterocycles. The maximum atomic E-state index is 13.3. The Morgan fingerprint density at radius 2 is 1.83 bits per heavy atom. The van der Waals surface area contributed by atoms with Gasteiger partial charge in [0.25, 0.3) is 0 Å². The average Bonchev–Trinajstić information content (AvgIpc) is 2.85. The minimum absolute atomic E-state index is 0.00927. The highest BCUT2D eigenvalue weighted by Crippen LogP contribution is 2.51. The summed E-state index contributed by atoms with van der Waals surface area (Å²) in [6, 6.07) is 2.25. The summed E-state index contributed by atoms with van der Waals surface area (Å²) in [5.41, 5.74) is 4.58. The molecule has 0 radical (unpaired) electrons. The number of rotatable bonds is 6. The van der Waals surface area contributed by atoms with Crippen molar-refractivity contribution in [2.45, 2.75) is 110 Å². The van der Waals surface area contributed by atoms with Crippen molar-refractivity contribution in [3.8, 4) is 0 Å². The third-order valence-electron chi connectivity index (χ3n) is 8.83. The number of nitrogens with zero attached hydrogens (tertiary/aromatic N) is 2. The lowest BCUT2D eigenvalue weighted by Crippen LogP contribution is -2.44. The molecule has 0 fully saturated rings. The van der Waals surface area contributed by atoms with Gasteiger partial charge in [-0.3, -0.25) is 9.97 Å². The quantitative estimate of drug-likeness (QED) is 0.342. The fraction of sp³-hybridized carbons (Fsp3) is 0.625. The first-order valence-electron chi connectivity index (χ1n) is 14.5. The van der Waals surface area contributed by atoms with Crippen molar-refractivity contribution >= 4 is 13.9 Å². The molecule has 1 unspecified atom stereocenters. The Morgan fingerprint density at radius 3 is 2.34 bits per heavy atom. The van der Waals surface area contributed by atoms with Gasteiger partial charge in [0, 0.05) is 23.0 Å². The minimum Gasteiger partial charge on any atom is -0.410 e. The fourth-order valence-corrected chi connectivity index (χ4v) is 6.89.